The molecule has 0 saturated carbocycles. The van der Waals surface area contributed by atoms with Gasteiger partial charge in [0.15, 0.2) is 0 Å². The second kappa shape index (κ2) is 8.37. The molecule has 1 aromatic heterocycles. The number of carbonyl (C=O) groups is 2. The summed E-state index contributed by atoms with van der Waals surface area (Å²) in [6, 6.07) is 11.3. The zero-order valence-corrected chi connectivity index (χ0v) is 16.2. The van der Waals surface area contributed by atoms with Crippen molar-refractivity contribution in [1.29, 1.82) is 0 Å². The van der Waals surface area contributed by atoms with Crippen LogP contribution in [0.15, 0.2) is 47.5 Å². The van der Waals surface area contributed by atoms with E-state index in [1.165, 1.54) is 16.2 Å². The van der Waals surface area contributed by atoms with Crippen LogP contribution in [-0.4, -0.2) is 60.6 Å². The number of rotatable bonds is 8. The van der Waals surface area contributed by atoms with E-state index in [1.807, 2.05) is 41.8 Å². The number of likely N-dealkylation sites (N-methyl/N-ethyl adjacent to an activating group) is 1. The molecule has 0 unspecified atom stereocenters. The van der Waals surface area contributed by atoms with Gasteiger partial charge in [0.1, 0.15) is 11.4 Å². The molecule has 7 heteroatoms. The first-order valence-electron chi connectivity index (χ1n) is 8.66. The maximum absolute atomic E-state index is 13.0. The van der Waals surface area contributed by atoms with E-state index in [9.17, 15) is 14.7 Å². The van der Waals surface area contributed by atoms with Gasteiger partial charge in [0.25, 0.3) is 11.8 Å². The molecule has 0 atom stereocenters. The fourth-order valence-corrected chi connectivity index (χ4v) is 3.82. The van der Waals surface area contributed by atoms with Crippen molar-refractivity contribution in [2.45, 2.75) is 6.42 Å². The van der Waals surface area contributed by atoms with E-state index in [4.69, 9.17) is 4.74 Å². The molecule has 0 saturated heterocycles. The smallest absolute Gasteiger partial charge is 0.277 e. The third kappa shape index (κ3) is 3.89. The Balaban J connectivity index is 1.82. The molecule has 0 fully saturated rings. The van der Waals surface area contributed by atoms with Crippen LogP contribution in [0.3, 0.4) is 0 Å². The average molecular weight is 386 g/mol. The molecule has 27 heavy (non-hydrogen) atoms. The highest BCUT2D eigenvalue weighted by Crippen LogP contribution is 2.33. The number of aliphatic hydroxyl groups is 1. The number of amides is 2. The standard InChI is InChI=1S/C20H22N2O4S/c1-21(11-12-23)18-17(16-4-3-13-27-16)19(24)22(20(18)25)10-9-14-5-7-15(26-2)8-6-14/h3-8,13,23H,9-12H2,1-2H3. The minimum atomic E-state index is -0.312. The SMILES string of the molecule is COc1ccc(CCN2C(=O)C(c3cccs3)=C(N(C)CCO)C2=O)cc1. The molecule has 0 bridgehead atoms. The molecule has 0 aliphatic carbocycles. The summed E-state index contributed by atoms with van der Waals surface area (Å²) in [5.41, 5.74) is 1.79. The Morgan fingerprint density at radius 1 is 1.15 bits per heavy atom. The van der Waals surface area contributed by atoms with Crippen molar-refractivity contribution in [1.82, 2.24) is 9.80 Å². The van der Waals surface area contributed by atoms with Gasteiger partial charge in [-0.05, 0) is 35.6 Å². The molecule has 1 N–H and O–H groups in total. The van der Waals surface area contributed by atoms with Crippen LogP contribution in [0.2, 0.25) is 0 Å². The van der Waals surface area contributed by atoms with Crippen LogP contribution in [0.5, 0.6) is 5.75 Å². The number of ether oxygens (including phenoxy) is 1. The second-order valence-corrected chi connectivity index (χ2v) is 7.15. The van der Waals surface area contributed by atoms with E-state index in [0.29, 0.717) is 24.2 Å². The Morgan fingerprint density at radius 2 is 1.89 bits per heavy atom. The number of methoxy groups -OCH3 is 1. The van der Waals surface area contributed by atoms with Crippen LogP contribution in [0.25, 0.3) is 5.57 Å². The van der Waals surface area contributed by atoms with Gasteiger partial charge in [-0.15, -0.1) is 11.3 Å². The van der Waals surface area contributed by atoms with Crippen molar-refractivity contribution in [2.24, 2.45) is 0 Å². The highest BCUT2D eigenvalue weighted by atomic mass is 32.1. The number of carbonyl (C=O) groups excluding carboxylic acids is 2. The van der Waals surface area contributed by atoms with Gasteiger partial charge in [0.2, 0.25) is 0 Å². The monoisotopic (exact) mass is 386 g/mol. The molecular weight excluding hydrogens is 364 g/mol. The van der Waals surface area contributed by atoms with Crippen molar-refractivity contribution in [2.75, 3.05) is 33.9 Å². The van der Waals surface area contributed by atoms with Gasteiger partial charge in [0, 0.05) is 25.0 Å². The summed E-state index contributed by atoms with van der Waals surface area (Å²) in [4.78, 5) is 29.7. The third-order valence-corrected chi connectivity index (χ3v) is 5.40. The van der Waals surface area contributed by atoms with Gasteiger partial charge in [-0.25, -0.2) is 0 Å². The third-order valence-electron chi connectivity index (χ3n) is 4.51. The fraction of sp³-hybridized carbons (Fsp3) is 0.300. The van der Waals surface area contributed by atoms with Gasteiger partial charge in [-0.1, -0.05) is 18.2 Å². The van der Waals surface area contributed by atoms with Crippen LogP contribution in [0, 0.1) is 0 Å². The molecule has 142 valence electrons. The van der Waals surface area contributed by atoms with Crippen molar-refractivity contribution < 1.29 is 19.4 Å². The Kier molecular flexibility index (Phi) is 5.93. The van der Waals surface area contributed by atoms with Crippen molar-refractivity contribution >= 4 is 28.7 Å². The van der Waals surface area contributed by atoms with E-state index in [0.717, 1.165) is 16.2 Å². The van der Waals surface area contributed by atoms with Crippen molar-refractivity contribution in [3.8, 4) is 5.75 Å². The summed E-state index contributed by atoms with van der Waals surface area (Å²) in [6.45, 7) is 0.496. The Bertz CT molecular complexity index is 843. The van der Waals surface area contributed by atoms with E-state index in [-0.39, 0.29) is 25.0 Å². The van der Waals surface area contributed by atoms with Gasteiger partial charge < -0.3 is 14.7 Å². The van der Waals surface area contributed by atoms with E-state index < -0.39 is 0 Å². The maximum atomic E-state index is 13.0. The van der Waals surface area contributed by atoms with Crippen molar-refractivity contribution in [3.05, 3.63) is 57.9 Å². The Labute approximate surface area is 162 Å². The normalized spacial score (nSPS) is 14.3. The fourth-order valence-electron chi connectivity index (χ4n) is 3.06. The summed E-state index contributed by atoms with van der Waals surface area (Å²) in [5, 5.41) is 11.1. The van der Waals surface area contributed by atoms with Crippen LogP contribution < -0.4 is 4.74 Å². The zero-order chi connectivity index (χ0) is 19.4. The lowest BCUT2D eigenvalue weighted by Crippen LogP contribution is -2.36. The second-order valence-electron chi connectivity index (χ2n) is 6.21. The largest absolute Gasteiger partial charge is 0.497 e. The molecular formula is C20H22N2O4S. The zero-order valence-electron chi connectivity index (χ0n) is 15.3. The van der Waals surface area contributed by atoms with Crippen LogP contribution in [0.1, 0.15) is 10.4 Å². The molecule has 1 aliphatic rings. The first-order valence-corrected chi connectivity index (χ1v) is 9.54. The number of hydrogen-bond acceptors (Lipinski definition) is 6. The summed E-state index contributed by atoms with van der Waals surface area (Å²) in [5.74, 6) is 0.172. The maximum Gasteiger partial charge on any atom is 0.277 e. The summed E-state index contributed by atoms with van der Waals surface area (Å²) in [7, 11) is 3.33. The molecule has 0 radical (unpaired) electrons. The topological polar surface area (TPSA) is 70.1 Å². The van der Waals surface area contributed by atoms with Gasteiger partial charge in [-0.3, -0.25) is 14.5 Å². The summed E-state index contributed by atoms with van der Waals surface area (Å²) >= 11 is 1.43. The minimum absolute atomic E-state index is 0.0922. The van der Waals surface area contributed by atoms with Gasteiger partial charge in [0.05, 0.1) is 19.3 Å². The number of benzene rings is 1. The Hall–Kier alpha value is -2.64. The quantitative estimate of drug-likeness (QED) is 0.703. The van der Waals surface area contributed by atoms with E-state index in [1.54, 1.807) is 19.1 Å². The molecule has 6 nitrogen and oxygen atoms in total. The van der Waals surface area contributed by atoms with E-state index >= 15 is 0 Å². The van der Waals surface area contributed by atoms with Gasteiger partial charge in [-0.2, -0.15) is 0 Å². The average Bonchev–Trinajstić information content (AvgIpc) is 3.27. The molecule has 1 aromatic carbocycles. The predicted octanol–water partition coefficient (Wildman–Crippen LogP) is 2.00. The molecule has 2 heterocycles. The number of nitrogens with zero attached hydrogens (tertiary/aromatic N) is 2. The molecule has 2 amide bonds. The number of imide groups is 1. The van der Waals surface area contributed by atoms with Crippen molar-refractivity contribution in [3.63, 3.8) is 0 Å². The molecule has 0 spiro atoms. The lowest BCUT2D eigenvalue weighted by molar-refractivity contribution is -0.137. The number of thiophene rings is 1. The first kappa shape index (κ1) is 19.1. The van der Waals surface area contributed by atoms with Crippen LogP contribution >= 0.6 is 11.3 Å². The predicted molar refractivity (Wildman–Crippen MR) is 104 cm³/mol. The molecule has 2 aromatic rings. The van der Waals surface area contributed by atoms with Gasteiger partial charge >= 0.3 is 0 Å². The highest BCUT2D eigenvalue weighted by Gasteiger charge is 2.40. The van der Waals surface area contributed by atoms with E-state index in [2.05, 4.69) is 0 Å². The van der Waals surface area contributed by atoms with Crippen LogP contribution in [0.4, 0.5) is 0 Å². The Morgan fingerprint density at radius 3 is 2.48 bits per heavy atom. The minimum Gasteiger partial charge on any atom is -0.497 e. The first-order chi connectivity index (χ1) is 13.1. The summed E-state index contributed by atoms with van der Waals surface area (Å²) in [6.07, 6.45) is 0.566. The lowest BCUT2D eigenvalue weighted by Gasteiger charge is -2.20. The molecule has 1 aliphatic heterocycles. The summed E-state index contributed by atoms with van der Waals surface area (Å²) < 4.78 is 5.15. The highest BCUT2D eigenvalue weighted by molar-refractivity contribution is 7.11. The van der Waals surface area contributed by atoms with Crippen LogP contribution in [-0.2, 0) is 16.0 Å². The molecule has 3 rings (SSSR count). The number of aliphatic hydroxyl groups excluding tert-OH is 1. The number of hydrogen-bond donors (Lipinski definition) is 1. The lowest BCUT2D eigenvalue weighted by atomic mass is 10.1.